The molecule has 0 heterocycles. The number of ether oxygens (including phenoxy) is 1. The summed E-state index contributed by atoms with van der Waals surface area (Å²) in [5.41, 5.74) is 1.87. The number of aryl methyl sites for hydroxylation is 1. The monoisotopic (exact) mass is 270 g/mol. The van der Waals surface area contributed by atoms with E-state index in [1.807, 2.05) is 61.5 Å². The molecular weight excluding hydrogens is 252 g/mol. The Bertz CT molecular complexity index is 563. The predicted octanol–water partition coefficient (Wildman–Crippen LogP) is 3.63. The number of rotatable bonds is 6. The first-order valence-corrected chi connectivity index (χ1v) is 6.64. The maximum absolute atomic E-state index is 11.4. The Labute approximate surface area is 118 Å². The minimum Gasteiger partial charge on any atom is -0.493 e. The maximum Gasteiger partial charge on any atom is 0.311 e. The van der Waals surface area contributed by atoms with Gasteiger partial charge in [0, 0.05) is 0 Å². The van der Waals surface area contributed by atoms with Crippen LogP contribution in [0.5, 0.6) is 5.75 Å². The van der Waals surface area contributed by atoms with Gasteiger partial charge in [0.2, 0.25) is 0 Å². The third kappa shape index (κ3) is 3.60. The first-order valence-electron chi connectivity index (χ1n) is 6.64. The van der Waals surface area contributed by atoms with Gasteiger partial charge in [0.05, 0.1) is 12.5 Å². The zero-order chi connectivity index (χ0) is 14.4. The standard InChI is InChI=1S/C17H18O3/c1-13-7-5-6-10-16(13)20-12-11-15(17(18)19)14-8-3-2-4-9-14/h2-10,15H,11-12H2,1H3,(H,18,19). The second kappa shape index (κ2) is 6.75. The maximum atomic E-state index is 11.4. The van der Waals surface area contributed by atoms with Crippen LogP contribution < -0.4 is 4.74 Å². The van der Waals surface area contributed by atoms with E-state index in [2.05, 4.69) is 0 Å². The molecule has 0 saturated heterocycles. The van der Waals surface area contributed by atoms with E-state index in [9.17, 15) is 9.90 Å². The van der Waals surface area contributed by atoms with E-state index in [1.165, 1.54) is 0 Å². The first kappa shape index (κ1) is 14.1. The summed E-state index contributed by atoms with van der Waals surface area (Å²) in [7, 11) is 0. The summed E-state index contributed by atoms with van der Waals surface area (Å²) in [4.78, 5) is 11.4. The van der Waals surface area contributed by atoms with Crippen LogP contribution in [0.1, 0.15) is 23.5 Å². The van der Waals surface area contributed by atoms with E-state index in [4.69, 9.17) is 4.74 Å². The zero-order valence-corrected chi connectivity index (χ0v) is 11.5. The lowest BCUT2D eigenvalue weighted by Crippen LogP contribution is -2.15. The van der Waals surface area contributed by atoms with Crippen molar-refractivity contribution in [3.63, 3.8) is 0 Å². The van der Waals surface area contributed by atoms with Crippen molar-refractivity contribution in [3.8, 4) is 5.75 Å². The van der Waals surface area contributed by atoms with Gasteiger partial charge in [-0.3, -0.25) is 4.79 Å². The minimum absolute atomic E-state index is 0.386. The predicted molar refractivity (Wildman–Crippen MR) is 78.1 cm³/mol. The second-order valence-corrected chi connectivity index (χ2v) is 4.70. The molecule has 1 atom stereocenters. The van der Waals surface area contributed by atoms with E-state index in [0.29, 0.717) is 13.0 Å². The van der Waals surface area contributed by atoms with Crippen molar-refractivity contribution < 1.29 is 14.6 Å². The van der Waals surface area contributed by atoms with E-state index >= 15 is 0 Å². The highest BCUT2D eigenvalue weighted by atomic mass is 16.5. The Morgan fingerprint density at radius 2 is 1.75 bits per heavy atom. The van der Waals surface area contributed by atoms with Crippen LogP contribution >= 0.6 is 0 Å². The number of benzene rings is 2. The third-order valence-electron chi connectivity index (χ3n) is 3.26. The summed E-state index contributed by atoms with van der Waals surface area (Å²) in [5.74, 6) is -0.533. The molecule has 2 aromatic carbocycles. The average Bonchev–Trinajstić information content (AvgIpc) is 2.46. The number of carboxylic acids is 1. The number of carboxylic acid groups (broad SMARTS) is 1. The average molecular weight is 270 g/mol. The second-order valence-electron chi connectivity index (χ2n) is 4.70. The van der Waals surface area contributed by atoms with Crippen molar-refractivity contribution >= 4 is 5.97 Å². The summed E-state index contributed by atoms with van der Waals surface area (Å²) in [6.45, 7) is 2.36. The Hall–Kier alpha value is -2.29. The number of hydrogen-bond donors (Lipinski definition) is 1. The number of hydrogen-bond acceptors (Lipinski definition) is 2. The van der Waals surface area contributed by atoms with Crippen molar-refractivity contribution in [2.75, 3.05) is 6.61 Å². The molecule has 2 aromatic rings. The molecule has 1 N–H and O–H groups in total. The fourth-order valence-electron chi connectivity index (χ4n) is 2.12. The number of para-hydroxylation sites is 1. The van der Waals surface area contributed by atoms with Gasteiger partial charge in [0.1, 0.15) is 5.75 Å². The van der Waals surface area contributed by atoms with Crippen LogP contribution in [-0.2, 0) is 4.79 Å². The van der Waals surface area contributed by atoms with Crippen LogP contribution in [0.4, 0.5) is 0 Å². The highest BCUT2D eigenvalue weighted by molar-refractivity contribution is 5.76. The highest BCUT2D eigenvalue weighted by Gasteiger charge is 2.19. The van der Waals surface area contributed by atoms with Gasteiger partial charge in [-0.15, -0.1) is 0 Å². The lowest BCUT2D eigenvalue weighted by Gasteiger charge is -2.14. The van der Waals surface area contributed by atoms with Gasteiger partial charge in [0.15, 0.2) is 0 Å². The molecule has 0 saturated carbocycles. The van der Waals surface area contributed by atoms with Crippen LogP contribution in [0.15, 0.2) is 54.6 Å². The molecule has 0 aliphatic rings. The zero-order valence-electron chi connectivity index (χ0n) is 11.5. The van der Waals surface area contributed by atoms with Crippen LogP contribution in [0.25, 0.3) is 0 Å². The van der Waals surface area contributed by atoms with Crippen molar-refractivity contribution in [1.82, 2.24) is 0 Å². The fourth-order valence-corrected chi connectivity index (χ4v) is 2.12. The van der Waals surface area contributed by atoms with Gasteiger partial charge in [0.25, 0.3) is 0 Å². The van der Waals surface area contributed by atoms with E-state index < -0.39 is 11.9 Å². The minimum atomic E-state index is -0.815. The Morgan fingerprint density at radius 1 is 1.10 bits per heavy atom. The van der Waals surface area contributed by atoms with E-state index in [0.717, 1.165) is 16.9 Å². The molecule has 3 heteroatoms. The number of carbonyl (C=O) groups is 1. The summed E-state index contributed by atoms with van der Waals surface area (Å²) in [6.07, 6.45) is 0.452. The van der Waals surface area contributed by atoms with Crippen molar-refractivity contribution in [2.24, 2.45) is 0 Å². The molecule has 20 heavy (non-hydrogen) atoms. The molecule has 0 amide bonds. The molecule has 0 bridgehead atoms. The lowest BCUT2D eigenvalue weighted by atomic mass is 9.96. The van der Waals surface area contributed by atoms with Crippen LogP contribution in [0.2, 0.25) is 0 Å². The smallest absolute Gasteiger partial charge is 0.311 e. The van der Waals surface area contributed by atoms with Gasteiger partial charge in [-0.05, 0) is 30.5 Å². The van der Waals surface area contributed by atoms with Gasteiger partial charge < -0.3 is 9.84 Å². The topological polar surface area (TPSA) is 46.5 Å². The Balaban J connectivity index is 1.97. The van der Waals surface area contributed by atoms with Gasteiger partial charge >= 0.3 is 5.97 Å². The molecule has 0 aromatic heterocycles. The lowest BCUT2D eigenvalue weighted by molar-refractivity contribution is -0.139. The number of aliphatic carboxylic acids is 1. The molecular formula is C17H18O3. The van der Waals surface area contributed by atoms with E-state index in [-0.39, 0.29) is 0 Å². The quantitative estimate of drug-likeness (QED) is 0.871. The van der Waals surface area contributed by atoms with E-state index in [1.54, 1.807) is 0 Å². The highest BCUT2D eigenvalue weighted by Crippen LogP contribution is 2.22. The molecule has 0 radical (unpaired) electrons. The fraction of sp³-hybridized carbons (Fsp3) is 0.235. The van der Waals surface area contributed by atoms with Crippen LogP contribution in [-0.4, -0.2) is 17.7 Å². The SMILES string of the molecule is Cc1ccccc1OCCC(C(=O)O)c1ccccc1. The largest absolute Gasteiger partial charge is 0.493 e. The normalized spacial score (nSPS) is 11.8. The summed E-state index contributed by atoms with van der Waals surface area (Å²) < 4.78 is 5.68. The molecule has 0 spiro atoms. The van der Waals surface area contributed by atoms with Crippen molar-refractivity contribution in [1.29, 1.82) is 0 Å². The van der Waals surface area contributed by atoms with Gasteiger partial charge in [-0.25, -0.2) is 0 Å². The molecule has 1 unspecified atom stereocenters. The van der Waals surface area contributed by atoms with Crippen LogP contribution in [0, 0.1) is 6.92 Å². The first-order chi connectivity index (χ1) is 9.68. The van der Waals surface area contributed by atoms with Crippen molar-refractivity contribution in [3.05, 3.63) is 65.7 Å². The summed E-state index contributed by atoms with van der Waals surface area (Å²) in [6, 6.07) is 17.0. The third-order valence-corrected chi connectivity index (χ3v) is 3.26. The van der Waals surface area contributed by atoms with Gasteiger partial charge in [-0.1, -0.05) is 48.5 Å². The Morgan fingerprint density at radius 3 is 2.40 bits per heavy atom. The molecule has 0 fully saturated rings. The van der Waals surface area contributed by atoms with Crippen LogP contribution in [0.3, 0.4) is 0 Å². The van der Waals surface area contributed by atoms with Gasteiger partial charge in [-0.2, -0.15) is 0 Å². The molecule has 0 aliphatic carbocycles. The summed E-state index contributed by atoms with van der Waals surface area (Å²) >= 11 is 0. The molecule has 2 rings (SSSR count). The summed E-state index contributed by atoms with van der Waals surface area (Å²) in [5, 5.41) is 9.32. The van der Waals surface area contributed by atoms with Crippen molar-refractivity contribution in [2.45, 2.75) is 19.3 Å². The molecule has 3 nitrogen and oxygen atoms in total. The molecule has 0 aliphatic heterocycles. The molecule has 104 valence electrons. The Kier molecular flexibility index (Phi) is 4.77.